The van der Waals surface area contributed by atoms with Crippen molar-refractivity contribution in [2.24, 2.45) is 0 Å². The molecule has 0 atom stereocenters. The van der Waals surface area contributed by atoms with Gasteiger partial charge in [0.2, 0.25) is 11.7 Å². The molecule has 2 rings (SSSR count). The molecule has 9 heteroatoms. The van der Waals surface area contributed by atoms with Gasteiger partial charge in [0.05, 0.1) is 30.3 Å². The molecule has 2 heterocycles. The Bertz CT molecular complexity index is 538. The average Bonchev–Trinajstić information content (AvgIpc) is 2.86. The van der Waals surface area contributed by atoms with Crippen LogP contribution < -0.4 is 5.32 Å². The third-order valence-corrected chi connectivity index (χ3v) is 3.28. The van der Waals surface area contributed by atoms with Gasteiger partial charge in [-0.05, 0) is 6.92 Å². The highest BCUT2D eigenvalue weighted by atomic mass is 16.7. The van der Waals surface area contributed by atoms with E-state index in [0.29, 0.717) is 24.8 Å². The Morgan fingerprint density at radius 1 is 1.62 bits per heavy atom. The maximum Gasteiger partial charge on any atom is 0.274 e. The lowest BCUT2D eigenvalue weighted by molar-refractivity contribution is -0.405. The average molecular weight is 298 g/mol. The molecule has 1 aromatic rings. The van der Waals surface area contributed by atoms with Gasteiger partial charge in [-0.1, -0.05) is 0 Å². The van der Waals surface area contributed by atoms with Crippen molar-refractivity contribution in [3.05, 3.63) is 40.0 Å². The van der Waals surface area contributed by atoms with Gasteiger partial charge in [0.25, 0.3) is 6.20 Å². The van der Waals surface area contributed by atoms with Crippen LogP contribution in [0.15, 0.2) is 22.7 Å². The number of nitro groups is 1. The van der Waals surface area contributed by atoms with E-state index >= 15 is 0 Å². The lowest BCUT2D eigenvalue weighted by atomic mass is 10.2. The highest BCUT2D eigenvalue weighted by molar-refractivity contribution is 5.05. The summed E-state index contributed by atoms with van der Waals surface area (Å²) in [7, 11) is 3.06. The monoisotopic (exact) mass is 298 g/mol. The predicted molar refractivity (Wildman–Crippen MR) is 71.5 cm³/mol. The maximum atomic E-state index is 10.7. The van der Waals surface area contributed by atoms with Crippen molar-refractivity contribution in [3.8, 4) is 0 Å². The van der Waals surface area contributed by atoms with E-state index in [-0.39, 0.29) is 6.54 Å². The normalized spacial score (nSPS) is 19.6. The molecule has 9 nitrogen and oxygen atoms in total. The Balaban J connectivity index is 2.22. The van der Waals surface area contributed by atoms with Crippen molar-refractivity contribution in [2.45, 2.75) is 19.3 Å². The summed E-state index contributed by atoms with van der Waals surface area (Å²) in [5, 5.41) is 13.7. The zero-order valence-electron chi connectivity index (χ0n) is 12.2. The topological polar surface area (TPSA) is 103 Å². The molecule has 1 aliphatic rings. The van der Waals surface area contributed by atoms with Crippen molar-refractivity contribution in [2.75, 3.05) is 27.3 Å². The van der Waals surface area contributed by atoms with Crippen LogP contribution in [0.25, 0.3) is 0 Å². The Morgan fingerprint density at radius 2 is 2.33 bits per heavy atom. The third kappa shape index (κ3) is 3.50. The molecular weight excluding hydrogens is 280 g/mol. The van der Waals surface area contributed by atoms with Crippen molar-refractivity contribution in [1.82, 2.24) is 15.2 Å². The van der Waals surface area contributed by atoms with Crippen LogP contribution >= 0.6 is 0 Å². The second-order valence-electron chi connectivity index (χ2n) is 4.71. The zero-order chi connectivity index (χ0) is 15.5. The highest BCUT2D eigenvalue weighted by Gasteiger charge is 2.39. The van der Waals surface area contributed by atoms with Gasteiger partial charge in [-0.25, -0.2) is 4.98 Å². The Hall–Kier alpha value is -2.13. The summed E-state index contributed by atoms with van der Waals surface area (Å²) in [6.07, 6.45) is 2.44. The molecule has 1 saturated heterocycles. The number of ether oxygens (including phenoxy) is 2. The zero-order valence-corrected chi connectivity index (χ0v) is 12.2. The number of methoxy groups -OCH3 is 2. The summed E-state index contributed by atoms with van der Waals surface area (Å²) in [6.45, 7) is 2.70. The van der Waals surface area contributed by atoms with Gasteiger partial charge in [-0.3, -0.25) is 10.1 Å². The van der Waals surface area contributed by atoms with Crippen LogP contribution in [0.2, 0.25) is 0 Å². The number of aryl methyl sites for hydroxylation is 1. The molecule has 0 unspecified atom stereocenters. The molecule has 0 aromatic carbocycles. The second kappa shape index (κ2) is 6.10. The summed E-state index contributed by atoms with van der Waals surface area (Å²) < 4.78 is 16.1. The molecule has 0 saturated carbocycles. The molecule has 1 aliphatic heterocycles. The molecule has 1 fully saturated rings. The number of aromatic nitrogens is 1. The Labute approximate surface area is 121 Å². The highest BCUT2D eigenvalue weighted by Crippen LogP contribution is 2.22. The standard InChI is InChI=1S/C12H18N4O5/c1-9-6-21-11(14-9)5-15-8-12(19-2,20-3)7-13-10(15)4-16(17)18/h4,6,13H,5,7-8H2,1-3H3/b10-4+. The van der Waals surface area contributed by atoms with E-state index in [0.717, 1.165) is 11.9 Å². The lowest BCUT2D eigenvalue weighted by Gasteiger charge is -2.42. The van der Waals surface area contributed by atoms with Crippen LogP contribution in [0.3, 0.4) is 0 Å². The van der Waals surface area contributed by atoms with Gasteiger partial charge in [0.1, 0.15) is 6.26 Å². The van der Waals surface area contributed by atoms with Gasteiger partial charge in [-0.15, -0.1) is 0 Å². The Morgan fingerprint density at radius 3 is 2.86 bits per heavy atom. The van der Waals surface area contributed by atoms with Gasteiger partial charge < -0.3 is 24.1 Å². The van der Waals surface area contributed by atoms with E-state index < -0.39 is 10.7 Å². The van der Waals surface area contributed by atoms with E-state index in [1.165, 1.54) is 20.5 Å². The molecule has 0 spiro atoms. The van der Waals surface area contributed by atoms with E-state index in [4.69, 9.17) is 13.9 Å². The quantitative estimate of drug-likeness (QED) is 0.475. The van der Waals surface area contributed by atoms with Crippen molar-refractivity contribution in [3.63, 3.8) is 0 Å². The van der Waals surface area contributed by atoms with Crippen LogP contribution in [0.4, 0.5) is 0 Å². The van der Waals surface area contributed by atoms with Crippen LogP contribution in [-0.4, -0.2) is 47.9 Å². The fourth-order valence-corrected chi connectivity index (χ4v) is 2.13. The molecular formula is C12H18N4O5. The number of rotatable bonds is 5. The minimum Gasteiger partial charge on any atom is -0.447 e. The first-order valence-electron chi connectivity index (χ1n) is 6.33. The smallest absolute Gasteiger partial charge is 0.274 e. The van der Waals surface area contributed by atoms with Crippen molar-refractivity contribution >= 4 is 0 Å². The first-order valence-corrected chi connectivity index (χ1v) is 6.33. The van der Waals surface area contributed by atoms with Gasteiger partial charge >= 0.3 is 0 Å². The second-order valence-corrected chi connectivity index (χ2v) is 4.71. The first kappa shape index (κ1) is 15.3. The minimum absolute atomic E-state index is 0.273. The maximum absolute atomic E-state index is 10.7. The van der Waals surface area contributed by atoms with E-state index in [2.05, 4.69) is 10.3 Å². The van der Waals surface area contributed by atoms with E-state index in [1.54, 1.807) is 4.90 Å². The summed E-state index contributed by atoms with van der Waals surface area (Å²) >= 11 is 0. The molecule has 0 aliphatic carbocycles. The van der Waals surface area contributed by atoms with Crippen LogP contribution in [0.1, 0.15) is 11.6 Å². The summed E-state index contributed by atoms with van der Waals surface area (Å²) in [4.78, 5) is 16.1. The minimum atomic E-state index is -0.879. The Kier molecular flexibility index (Phi) is 4.43. The fourth-order valence-electron chi connectivity index (χ4n) is 2.13. The van der Waals surface area contributed by atoms with Crippen LogP contribution in [-0.2, 0) is 16.0 Å². The fraction of sp³-hybridized carbons (Fsp3) is 0.583. The summed E-state index contributed by atoms with van der Waals surface area (Å²) in [5.74, 6) is -0.0533. The molecule has 1 aromatic heterocycles. The molecule has 0 radical (unpaired) electrons. The van der Waals surface area contributed by atoms with Crippen LogP contribution in [0, 0.1) is 17.0 Å². The number of oxazole rings is 1. The molecule has 0 bridgehead atoms. The van der Waals surface area contributed by atoms with E-state index in [9.17, 15) is 10.1 Å². The van der Waals surface area contributed by atoms with E-state index in [1.807, 2.05) is 6.92 Å². The van der Waals surface area contributed by atoms with Gasteiger partial charge in [-0.2, -0.15) is 0 Å². The van der Waals surface area contributed by atoms with Crippen molar-refractivity contribution < 1.29 is 18.8 Å². The van der Waals surface area contributed by atoms with Crippen molar-refractivity contribution in [1.29, 1.82) is 0 Å². The molecule has 116 valence electrons. The summed E-state index contributed by atoms with van der Waals surface area (Å²) in [5.41, 5.74) is 0.750. The number of nitrogens with zero attached hydrogens (tertiary/aromatic N) is 3. The molecule has 0 amide bonds. The summed E-state index contributed by atoms with van der Waals surface area (Å²) in [6, 6.07) is 0. The van der Waals surface area contributed by atoms with Gasteiger partial charge in [0, 0.05) is 14.2 Å². The number of hydrogen-bond acceptors (Lipinski definition) is 8. The molecule has 1 N–H and O–H groups in total. The number of nitrogens with one attached hydrogen (secondary N) is 1. The molecule has 21 heavy (non-hydrogen) atoms. The van der Waals surface area contributed by atoms with Gasteiger partial charge in [0.15, 0.2) is 5.82 Å². The predicted octanol–water partition coefficient (Wildman–Crippen LogP) is 0.453. The largest absolute Gasteiger partial charge is 0.447 e. The first-order chi connectivity index (χ1) is 9.98. The lowest BCUT2D eigenvalue weighted by Crippen LogP contribution is -2.58. The third-order valence-electron chi connectivity index (χ3n) is 3.28. The SMILES string of the molecule is COC1(OC)CN/C(=C\[N+](=O)[O-])N(Cc2nc(C)co2)C1. The number of hydrogen-bond donors (Lipinski definition) is 1. The van der Waals surface area contributed by atoms with Crippen LogP contribution in [0.5, 0.6) is 0 Å².